The maximum absolute atomic E-state index is 11.2. The molecule has 0 bridgehead atoms. The van der Waals surface area contributed by atoms with Gasteiger partial charge in [-0.3, -0.25) is 9.59 Å². The van der Waals surface area contributed by atoms with E-state index in [1.54, 1.807) is 13.8 Å². The number of ketones is 2. The van der Waals surface area contributed by atoms with Gasteiger partial charge in [-0.05, 0) is 31.9 Å². The van der Waals surface area contributed by atoms with Gasteiger partial charge in [0.05, 0.1) is 0 Å². The summed E-state index contributed by atoms with van der Waals surface area (Å²) in [7, 11) is 0. The maximum Gasteiger partial charge on any atom is 0.165 e. The number of aliphatic hydroxyl groups is 1. The van der Waals surface area contributed by atoms with Crippen molar-refractivity contribution in [2.75, 3.05) is 0 Å². The van der Waals surface area contributed by atoms with Crippen LogP contribution >= 0.6 is 0 Å². The average Bonchev–Trinajstić information content (AvgIpc) is 2.01. The Hall–Kier alpha value is -0.960. The number of rotatable bonds is 1. The first-order valence-electron chi connectivity index (χ1n) is 4.34. The van der Waals surface area contributed by atoms with Crippen molar-refractivity contribution >= 4 is 11.6 Å². The third kappa shape index (κ3) is 1.56. The maximum atomic E-state index is 11.2. The molecule has 1 aliphatic carbocycles. The summed E-state index contributed by atoms with van der Waals surface area (Å²) in [5.41, 5.74) is -0.948. The molecular weight excluding hydrogens is 168 g/mol. The Morgan fingerprint density at radius 3 is 2.69 bits per heavy atom. The van der Waals surface area contributed by atoms with Crippen molar-refractivity contribution in [3.63, 3.8) is 0 Å². The molecular formula is C10H14O3. The van der Waals surface area contributed by atoms with E-state index in [2.05, 4.69) is 0 Å². The topological polar surface area (TPSA) is 54.4 Å². The monoisotopic (exact) mass is 182 g/mol. The molecule has 0 aromatic carbocycles. The second kappa shape index (κ2) is 3.07. The summed E-state index contributed by atoms with van der Waals surface area (Å²) < 4.78 is 0. The lowest BCUT2D eigenvalue weighted by Crippen LogP contribution is -2.44. The van der Waals surface area contributed by atoms with E-state index >= 15 is 0 Å². The van der Waals surface area contributed by atoms with Crippen LogP contribution in [0.25, 0.3) is 0 Å². The quantitative estimate of drug-likeness (QED) is 0.654. The van der Waals surface area contributed by atoms with Crippen molar-refractivity contribution in [1.29, 1.82) is 0 Å². The highest BCUT2D eigenvalue weighted by Crippen LogP contribution is 2.31. The molecule has 13 heavy (non-hydrogen) atoms. The van der Waals surface area contributed by atoms with Crippen LogP contribution in [0.4, 0.5) is 0 Å². The van der Waals surface area contributed by atoms with Crippen LogP contribution < -0.4 is 0 Å². The smallest absolute Gasteiger partial charge is 0.165 e. The predicted octanol–water partition coefficient (Wildman–Crippen LogP) is 0.862. The molecule has 0 saturated carbocycles. The van der Waals surface area contributed by atoms with Gasteiger partial charge in [-0.25, -0.2) is 0 Å². The largest absolute Gasteiger partial charge is 0.378 e. The van der Waals surface area contributed by atoms with Gasteiger partial charge in [0.1, 0.15) is 5.60 Å². The number of carbonyl (C=O) groups is 2. The van der Waals surface area contributed by atoms with E-state index in [1.165, 1.54) is 13.0 Å². The lowest BCUT2D eigenvalue weighted by Gasteiger charge is -2.32. The zero-order valence-electron chi connectivity index (χ0n) is 8.13. The minimum atomic E-state index is -1.41. The molecule has 0 fully saturated rings. The van der Waals surface area contributed by atoms with Crippen LogP contribution in [-0.4, -0.2) is 22.3 Å². The lowest BCUT2D eigenvalue weighted by molar-refractivity contribution is -0.135. The van der Waals surface area contributed by atoms with E-state index in [4.69, 9.17) is 0 Å². The number of hydrogen-bond acceptors (Lipinski definition) is 3. The van der Waals surface area contributed by atoms with Gasteiger partial charge in [-0.15, -0.1) is 0 Å². The molecule has 2 atom stereocenters. The summed E-state index contributed by atoms with van der Waals surface area (Å²) in [6.07, 6.45) is 1.58. The molecule has 0 spiro atoms. The summed E-state index contributed by atoms with van der Waals surface area (Å²) in [6, 6.07) is 0. The first kappa shape index (κ1) is 10.1. The Bertz CT molecular complexity index is 291. The summed E-state index contributed by atoms with van der Waals surface area (Å²) in [5.74, 6) is -0.568. The van der Waals surface area contributed by atoms with Crippen LogP contribution in [0.2, 0.25) is 0 Å². The van der Waals surface area contributed by atoms with Crippen molar-refractivity contribution in [2.45, 2.75) is 32.8 Å². The van der Waals surface area contributed by atoms with Gasteiger partial charge in [0.2, 0.25) is 0 Å². The van der Waals surface area contributed by atoms with Crippen LogP contribution in [0.5, 0.6) is 0 Å². The van der Waals surface area contributed by atoms with Gasteiger partial charge < -0.3 is 5.11 Å². The van der Waals surface area contributed by atoms with Gasteiger partial charge in [0.15, 0.2) is 11.6 Å². The number of carbonyl (C=O) groups excluding carboxylic acids is 2. The minimum absolute atomic E-state index is 0.0107. The molecule has 0 unspecified atom stereocenters. The standard InChI is InChI=1S/C10H14O3/c1-6-5-10(13,8(3)11)7(2)4-9(6)12/h4,6,13H,5H2,1-3H3/t6-,10-/m0/s1. The van der Waals surface area contributed by atoms with Crippen molar-refractivity contribution in [3.05, 3.63) is 11.6 Å². The summed E-state index contributed by atoms with van der Waals surface area (Å²) >= 11 is 0. The molecule has 0 radical (unpaired) electrons. The van der Waals surface area contributed by atoms with E-state index < -0.39 is 5.60 Å². The fraction of sp³-hybridized carbons (Fsp3) is 0.600. The van der Waals surface area contributed by atoms with Gasteiger partial charge in [-0.2, -0.15) is 0 Å². The summed E-state index contributed by atoms with van der Waals surface area (Å²) in [6.45, 7) is 4.68. The number of Topliss-reactive ketones (excluding diaryl/α,β-unsaturated/α-hetero) is 1. The highest BCUT2D eigenvalue weighted by molar-refractivity contribution is 5.98. The second-order valence-corrected chi connectivity index (χ2v) is 3.75. The van der Waals surface area contributed by atoms with Crippen LogP contribution in [0, 0.1) is 5.92 Å². The molecule has 0 heterocycles. The van der Waals surface area contributed by atoms with Crippen LogP contribution in [0.15, 0.2) is 11.6 Å². The van der Waals surface area contributed by atoms with E-state index in [0.717, 1.165) is 0 Å². The van der Waals surface area contributed by atoms with Crippen LogP contribution in [-0.2, 0) is 9.59 Å². The highest BCUT2D eigenvalue weighted by Gasteiger charge is 2.40. The normalized spacial score (nSPS) is 34.3. The zero-order valence-corrected chi connectivity index (χ0v) is 8.13. The summed E-state index contributed by atoms with van der Waals surface area (Å²) in [5, 5.41) is 9.94. The fourth-order valence-electron chi connectivity index (χ4n) is 1.60. The Morgan fingerprint density at radius 2 is 2.23 bits per heavy atom. The molecule has 0 aromatic rings. The minimum Gasteiger partial charge on any atom is -0.378 e. The van der Waals surface area contributed by atoms with Gasteiger partial charge in [-0.1, -0.05) is 6.92 Å². The van der Waals surface area contributed by atoms with Gasteiger partial charge >= 0.3 is 0 Å². The predicted molar refractivity (Wildman–Crippen MR) is 48.2 cm³/mol. The van der Waals surface area contributed by atoms with Gasteiger partial charge in [0.25, 0.3) is 0 Å². The molecule has 0 saturated heterocycles. The number of allylic oxidation sites excluding steroid dienone is 1. The molecule has 72 valence electrons. The SMILES string of the molecule is CC(=O)[C@]1(O)C[C@H](C)C(=O)C=C1C. The van der Waals surface area contributed by atoms with Crippen molar-refractivity contribution in [1.82, 2.24) is 0 Å². The van der Waals surface area contributed by atoms with Gasteiger partial charge in [0, 0.05) is 5.92 Å². The van der Waals surface area contributed by atoms with E-state index in [9.17, 15) is 14.7 Å². The molecule has 1 N–H and O–H groups in total. The van der Waals surface area contributed by atoms with Crippen LogP contribution in [0.1, 0.15) is 27.2 Å². The Labute approximate surface area is 77.4 Å². The van der Waals surface area contributed by atoms with Crippen molar-refractivity contribution in [2.24, 2.45) is 5.92 Å². The fourth-order valence-corrected chi connectivity index (χ4v) is 1.60. The van der Waals surface area contributed by atoms with E-state index in [-0.39, 0.29) is 23.9 Å². The van der Waals surface area contributed by atoms with E-state index in [1.807, 2.05) is 0 Å². The zero-order chi connectivity index (χ0) is 10.2. The molecule has 0 aromatic heterocycles. The first-order valence-corrected chi connectivity index (χ1v) is 4.34. The van der Waals surface area contributed by atoms with E-state index in [0.29, 0.717) is 5.57 Å². The number of hydrogen-bond donors (Lipinski definition) is 1. The molecule has 1 aliphatic rings. The third-order valence-electron chi connectivity index (χ3n) is 2.68. The van der Waals surface area contributed by atoms with Crippen molar-refractivity contribution < 1.29 is 14.7 Å². The van der Waals surface area contributed by atoms with Crippen molar-refractivity contribution in [3.8, 4) is 0 Å². The molecule has 3 heteroatoms. The molecule has 1 rings (SSSR count). The Kier molecular flexibility index (Phi) is 2.39. The average molecular weight is 182 g/mol. The Morgan fingerprint density at radius 1 is 1.69 bits per heavy atom. The molecule has 0 aliphatic heterocycles. The first-order chi connectivity index (χ1) is 5.88. The molecule has 3 nitrogen and oxygen atoms in total. The summed E-state index contributed by atoms with van der Waals surface area (Å²) in [4.78, 5) is 22.4. The van der Waals surface area contributed by atoms with Crippen LogP contribution in [0.3, 0.4) is 0 Å². The molecule has 0 amide bonds. The lowest BCUT2D eigenvalue weighted by atomic mass is 9.76. The third-order valence-corrected chi connectivity index (χ3v) is 2.68. The second-order valence-electron chi connectivity index (χ2n) is 3.75. The highest BCUT2D eigenvalue weighted by atomic mass is 16.3. The Balaban J connectivity index is 3.10.